The summed E-state index contributed by atoms with van der Waals surface area (Å²) in [7, 11) is 1.62. The average molecular weight is 449 g/mol. The first-order chi connectivity index (χ1) is 15.7. The number of nitrogens with zero attached hydrogens (tertiary/aromatic N) is 4. The minimum Gasteiger partial charge on any atom is -0.496 e. The Kier molecular flexibility index (Phi) is 5.70. The highest BCUT2D eigenvalue weighted by Crippen LogP contribution is 2.31. The summed E-state index contributed by atoms with van der Waals surface area (Å²) in [4.78, 5) is 26.0. The number of ketones is 1. The zero-order chi connectivity index (χ0) is 22.1. The highest BCUT2D eigenvalue weighted by molar-refractivity contribution is 8.00. The monoisotopic (exact) mass is 448 g/mol. The van der Waals surface area contributed by atoms with Crippen LogP contribution in [0.2, 0.25) is 0 Å². The molecule has 2 heterocycles. The maximum atomic E-state index is 13.4. The molecule has 1 aliphatic rings. The fraction of sp³-hybridized carbons (Fsp3) is 0.333. The molecule has 0 unspecified atom stereocenters. The first-order valence-corrected chi connectivity index (χ1v) is 11.7. The molecule has 4 aromatic rings. The maximum Gasteiger partial charge on any atom is 0.263 e. The zero-order valence-electron chi connectivity index (χ0n) is 17.9. The van der Waals surface area contributed by atoms with Crippen LogP contribution in [-0.4, -0.2) is 37.3 Å². The Morgan fingerprint density at radius 2 is 1.84 bits per heavy atom. The van der Waals surface area contributed by atoms with Crippen molar-refractivity contribution < 1.29 is 9.53 Å². The van der Waals surface area contributed by atoms with Gasteiger partial charge in [-0.25, -0.2) is 0 Å². The smallest absolute Gasteiger partial charge is 0.263 e. The minimum atomic E-state index is -0.131. The van der Waals surface area contributed by atoms with Crippen LogP contribution in [0, 0.1) is 0 Å². The predicted molar refractivity (Wildman–Crippen MR) is 125 cm³/mol. The summed E-state index contributed by atoms with van der Waals surface area (Å²) in [6.45, 7) is 0.308. The van der Waals surface area contributed by atoms with E-state index in [9.17, 15) is 9.59 Å². The topological polar surface area (TPSA) is 78.5 Å². The van der Waals surface area contributed by atoms with Gasteiger partial charge in [-0.3, -0.25) is 18.6 Å². The molecule has 0 radical (unpaired) electrons. The van der Waals surface area contributed by atoms with E-state index in [2.05, 4.69) is 10.2 Å². The van der Waals surface area contributed by atoms with Crippen molar-refractivity contribution in [2.24, 2.45) is 0 Å². The third kappa shape index (κ3) is 3.68. The number of methoxy groups -OCH3 is 1. The van der Waals surface area contributed by atoms with Crippen molar-refractivity contribution in [1.82, 2.24) is 19.2 Å². The van der Waals surface area contributed by atoms with E-state index in [1.807, 2.05) is 52.9 Å². The van der Waals surface area contributed by atoms with E-state index < -0.39 is 0 Å². The Morgan fingerprint density at radius 3 is 2.72 bits per heavy atom. The van der Waals surface area contributed by atoms with Gasteiger partial charge in [0.25, 0.3) is 5.56 Å². The standard InChI is InChI=1S/C24H24N4O3S/c1-31-20-13-8-5-9-16(20)15-27-22(30)17-10-6-7-11-18(17)28-23(27)25-26-24(28)32-21-14-4-2-3-12-19(21)29/h5-11,13,21H,2-4,12,14-15H2,1H3/t21-/m1/s1. The lowest BCUT2D eigenvalue weighted by Crippen LogP contribution is -2.24. The van der Waals surface area contributed by atoms with Gasteiger partial charge in [0.2, 0.25) is 5.78 Å². The molecule has 2 aromatic heterocycles. The van der Waals surface area contributed by atoms with E-state index in [0.29, 0.717) is 35.0 Å². The lowest BCUT2D eigenvalue weighted by molar-refractivity contribution is -0.118. The molecule has 164 valence electrons. The van der Waals surface area contributed by atoms with E-state index in [1.54, 1.807) is 11.7 Å². The largest absolute Gasteiger partial charge is 0.496 e. The molecular formula is C24H24N4O3S. The average Bonchev–Trinajstić information content (AvgIpc) is 3.13. The number of fused-ring (bicyclic) bond motifs is 3. The van der Waals surface area contributed by atoms with Crippen LogP contribution in [0.4, 0.5) is 0 Å². The fourth-order valence-corrected chi connectivity index (χ4v) is 5.50. The van der Waals surface area contributed by atoms with Crippen LogP contribution in [-0.2, 0) is 11.3 Å². The SMILES string of the molecule is COc1ccccc1Cn1c(=O)c2ccccc2n2c(S[C@@H]3CCCCCC3=O)nnc12. The molecule has 0 N–H and O–H groups in total. The van der Waals surface area contributed by atoms with Gasteiger partial charge in [-0.2, -0.15) is 0 Å². The Labute approximate surface area is 189 Å². The fourth-order valence-electron chi connectivity index (χ4n) is 4.34. The summed E-state index contributed by atoms with van der Waals surface area (Å²) in [6, 6.07) is 15.1. The summed E-state index contributed by atoms with van der Waals surface area (Å²) >= 11 is 1.47. The normalized spacial score (nSPS) is 17.0. The van der Waals surface area contributed by atoms with Crippen molar-refractivity contribution in [2.75, 3.05) is 7.11 Å². The number of carbonyl (C=O) groups excluding carboxylic acids is 1. The van der Waals surface area contributed by atoms with Crippen LogP contribution in [0.1, 0.15) is 37.7 Å². The van der Waals surface area contributed by atoms with Gasteiger partial charge in [-0.15, -0.1) is 10.2 Å². The van der Waals surface area contributed by atoms with Crippen molar-refractivity contribution in [1.29, 1.82) is 0 Å². The number of ether oxygens (including phenoxy) is 1. The number of hydrogen-bond donors (Lipinski definition) is 0. The number of carbonyl (C=O) groups is 1. The van der Waals surface area contributed by atoms with Crippen LogP contribution < -0.4 is 10.3 Å². The van der Waals surface area contributed by atoms with Gasteiger partial charge >= 0.3 is 0 Å². The molecule has 0 aliphatic heterocycles. The van der Waals surface area contributed by atoms with Crippen LogP contribution in [0.15, 0.2) is 58.5 Å². The quantitative estimate of drug-likeness (QED) is 0.428. The predicted octanol–water partition coefficient (Wildman–Crippen LogP) is 4.10. The van der Waals surface area contributed by atoms with E-state index in [0.717, 1.165) is 36.8 Å². The lowest BCUT2D eigenvalue weighted by atomic mass is 10.2. The molecule has 5 rings (SSSR count). The van der Waals surface area contributed by atoms with Gasteiger partial charge in [0.15, 0.2) is 5.16 Å². The Balaban J connectivity index is 1.67. The highest BCUT2D eigenvalue weighted by Gasteiger charge is 2.25. The molecule has 0 saturated heterocycles. The van der Waals surface area contributed by atoms with Gasteiger partial charge in [-0.1, -0.05) is 54.9 Å². The number of Topliss-reactive ketones (excluding diaryl/α,β-unsaturated/α-hetero) is 1. The lowest BCUT2D eigenvalue weighted by Gasteiger charge is -2.14. The first-order valence-electron chi connectivity index (χ1n) is 10.9. The summed E-state index contributed by atoms with van der Waals surface area (Å²) in [6.07, 6.45) is 4.55. The number of hydrogen-bond acceptors (Lipinski definition) is 6. The van der Waals surface area contributed by atoms with Gasteiger partial charge in [0.05, 0.1) is 29.8 Å². The van der Waals surface area contributed by atoms with E-state index in [4.69, 9.17) is 4.74 Å². The van der Waals surface area contributed by atoms with Crippen LogP contribution in [0.25, 0.3) is 16.7 Å². The molecule has 32 heavy (non-hydrogen) atoms. The number of rotatable bonds is 5. The highest BCUT2D eigenvalue weighted by atomic mass is 32.2. The minimum absolute atomic E-state index is 0.127. The van der Waals surface area contributed by atoms with Crippen molar-refractivity contribution in [2.45, 2.75) is 49.1 Å². The second-order valence-electron chi connectivity index (χ2n) is 8.01. The number of thioether (sulfide) groups is 1. The Bertz CT molecular complexity index is 1360. The Hall–Kier alpha value is -3.13. The Morgan fingerprint density at radius 1 is 1.03 bits per heavy atom. The molecule has 0 spiro atoms. The summed E-state index contributed by atoms with van der Waals surface area (Å²) in [5.74, 6) is 1.45. The summed E-state index contributed by atoms with van der Waals surface area (Å²) in [5, 5.41) is 9.93. The molecule has 1 saturated carbocycles. The van der Waals surface area contributed by atoms with E-state index >= 15 is 0 Å². The third-order valence-electron chi connectivity index (χ3n) is 6.00. The maximum absolute atomic E-state index is 13.4. The second-order valence-corrected chi connectivity index (χ2v) is 9.18. The van der Waals surface area contributed by atoms with Crippen LogP contribution in [0.3, 0.4) is 0 Å². The molecule has 0 amide bonds. The second kappa shape index (κ2) is 8.78. The van der Waals surface area contributed by atoms with E-state index in [1.165, 1.54) is 11.8 Å². The van der Waals surface area contributed by atoms with Gasteiger partial charge in [-0.05, 0) is 31.0 Å². The van der Waals surface area contributed by atoms with Crippen molar-refractivity contribution in [3.05, 3.63) is 64.4 Å². The third-order valence-corrected chi connectivity index (χ3v) is 7.25. The molecule has 0 bridgehead atoms. The molecule has 7 nitrogen and oxygen atoms in total. The molecule has 8 heteroatoms. The van der Waals surface area contributed by atoms with Crippen molar-refractivity contribution in [3.8, 4) is 5.75 Å². The van der Waals surface area contributed by atoms with Gasteiger partial charge in [0.1, 0.15) is 11.5 Å². The van der Waals surface area contributed by atoms with Gasteiger partial charge in [0, 0.05) is 12.0 Å². The van der Waals surface area contributed by atoms with E-state index in [-0.39, 0.29) is 16.6 Å². The van der Waals surface area contributed by atoms with Crippen molar-refractivity contribution >= 4 is 34.2 Å². The first kappa shape index (κ1) is 20.8. The molecular weight excluding hydrogens is 424 g/mol. The number of para-hydroxylation sites is 2. The van der Waals surface area contributed by atoms with Crippen LogP contribution >= 0.6 is 11.8 Å². The number of aromatic nitrogens is 4. The number of benzene rings is 2. The summed E-state index contributed by atoms with van der Waals surface area (Å²) in [5.41, 5.74) is 1.50. The summed E-state index contributed by atoms with van der Waals surface area (Å²) < 4.78 is 9.03. The molecule has 1 aliphatic carbocycles. The molecule has 1 fully saturated rings. The molecule has 2 aromatic carbocycles. The van der Waals surface area contributed by atoms with Crippen molar-refractivity contribution in [3.63, 3.8) is 0 Å². The van der Waals surface area contributed by atoms with Gasteiger partial charge < -0.3 is 4.74 Å². The zero-order valence-corrected chi connectivity index (χ0v) is 18.7. The molecule has 1 atom stereocenters. The van der Waals surface area contributed by atoms with Crippen LogP contribution in [0.5, 0.6) is 5.75 Å².